The summed E-state index contributed by atoms with van der Waals surface area (Å²) >= 11 is 0. The zero-order valence-electron chi connectivity index (χ0n) is 11.2. The average molecular weight is 246 g/mol. The molecule has 3 rings (SSSR count). The SMILES string of the molecule is CC1(CN)CCN(c2ncnc3c2CCC3)CC1. The Morgan fingerprint density at radius 2 is 2.06 bits per heavy atom. The molecule has 98 valence electrons. The average Bonchev–Trinajstić information content (AvgIpc) is 2.88. The van der Waals surface area contributed by atoms with E-state index in [4.69, 9.17) is 5.73 Å². The van der Waals surface area contributed by atoms with Gasteiger partial charge < -0.3 is 10.6 Å². The van der Waals surface area contributed by atoms with E-state index in [2.05, 4.69) is 21.8 Å². The molecule has 1 fully saturated rings. The summed E-state index contributed by atoms with van der Waals surface area (Å²) in [5, 5.41) is 0. The Morgan fingerprint density at radius 1 is 1.28 bits per heavy atom. The summed E-state index contributed by atoms with van der Waals surface area (Å²) in [5.41, 5.74) is 8.86. The summed E-state index contributed by atoms with van der Waals surface area (Å²) in [7, 11) is 0. The van der Waals surface area contributed by atoms with Crippen molar-refractivity contribution in [3.05, 3.63) is 17.6 Å². The van der Waals surface area contributed by atoms with Crippen LogP contribution < -0.4 is 10.6 Å². The first-order valence-corrected chi connectivity index (χ1v) is 7.00. The molecule has 0 atom stereocenters. The monoisotopic (exact) mass is 246 g/mol. The molecular weight excluding hydrogens is 224 g/mol. The number of rotatable bonds is 2. The van der Waals surface area contributed by atoms with Gasteiger partial charge in [0, 0.05) is 24.3 Å². The quantitative estimate of drug-likeness (QED) is 0.860. The van der Waals surface area contributed by atoms with Crippen LogP contribution in [-0.2, 0) is 12.8 Å². The molecule has 0 aromatic carbocycles. The van der Waals surface area contributed by atoms with Gasteiger partial charge in [0.2, 0.25) is 0 Å². The third-order valence-corrected chi connectivity index (χ3v) is 4.62. The summed E-state index contributed by atoms with van der Waals surface area (Å²) in [6, 6.07) is 0. The lowest BCUT2D eigenvalue weighted by atomic mass is 9.80. The van der Waals surface area contributed by atoms with Gasteiger partial charge in [0.05, 0.1) is 0 Å². The second-order valence-corrected chi connectivity index (χ2v) is 5.98. The normalized spacial score (nSPS) is 22.0. The summed E-state index contributed by atoms with van der Waals surface area (Å²) in [6.07, 6.45) is 7.57. The van der Waals surface area contributed by atoms with Crippen molar-refractivity contribution < 1.29 is 0 Å². The Kier molecular flexibility index (Phi) is 2.98. The van der Waals surface area contributed by atoms with Crippen LogP contribution in [0, 0.1) is 5.41 Å². The van der Waals surface area contributed by atoms with Crippen LogP contribution in [0.2, 0.25) is 0 Å². The van der Waals surface area contributed by atoms with Crippen molar-refractivity contribution in [2.75, 3.05) is 24.5 Å². The molecule has 0 saturated carbocycles. The minimum absolute atomic E-state index is 0.326. The molecule has 4 nitrogen and oxygen atoms in total. The van der Waals surface area contributed by atoms with Gasteiger partial charge in [-0.15, -0.1) is 0 Å². The molecule has 2 N–H and O–H groups in total. The zero-order chi connectivity index (χ0) is 12.6. The van der Waals surface area contributed by atoms with E-state index in [1.807, 2.05) is 0 Å². The molecule has 18 heavy (non-hydrogen) atoms. The highest BCUT2D eigenvalue weighted by Crippen LogP contribution is 2.34. The first kappa shape index (κ1) is 11.9. The number of hydrogen-bond donors (Lipinski definition) is 1. The van der Waals surface area contributed by atoms with E-state index in [0.717, 1.165) is 32.5 Å². The molecule has 1 aromatic rings. The Morgan fingerprint density at radius 3 is 2.78 bits per heavy atom. The molecule has 1 aromatic heterocycles. The van der Waals surface area contributed by atoms with Crippen LogP contribution in [0.15, 0.2) is 6.33 Å². The van der Waals surface area contributed by atoms with Gasteiger partial charge >= 0.3 is 0 Å². The fourth-order valence-corrected chi connectivity index (χ4v) is 3.08. The number of fused-ring (bicyclic) bond motifs is 1. The molecule has 2 aliphatic rings. The van der Waals surface area contributed by atoms with Crippen LogP contribution in [0.1, 0.15) is 37.4 Å². The third-order valence-electron chi connectivity index (χ3n) is 4.62. The number of hydrogen-bond acceptors (Lipinski definition) is 4. The molecular formula is C14H22N4. The van der Waals surface area contributed by atoms with Crippen LogP contribution >= 0.6 is 0 Å². The molecule has 1 saturated heterocycles. The van der Waals surface area contributed by atoms with Crippen molar-refractivity contribution in [2.24, 2.45) is 11.1 Å². The Balaban J connectivity index is 1.79. The van der Waals surface area contributed by atoms with Crippen LogP contribution in [0.3, 0.4) is 0 Å². The topological polar surface area (TPSA) is 55.0 Å². The molecule has 1 aliphatic heterocycles. The van der Waals surface area contributed by atoms with E-state index in [0.29, 0.717) is 5.41 Å². The van der Waals surface area contributed by atoms with Crippen molar-refractivity contribution in [1.29, 1.82) is 0 Å². The summed E-state index contributed by atoms with van der Waals surface area (Å²) < 4.78 is 0. The maximum Gasteiger partial charge on any atom is 0.135 e. The molecule has 2 heterocycles. The predicted octanol–water partition coefficient (Wildman–Crippen LogP) is 1.53. The number of piperidine rings is 1. The first-order chi connectivity index (χ1) is 8.72. The van der Waals surface area contributed by atoms with E-state index in [9.17, 15) is 0 Å². The third kappa shape index (κ3) is 1.99. The van der Waals surface area contributed by atoms with Gasteiger partial charge in [-0.3, -0.25) is 0 Å². The fourth-order valence-electron chi connectivity index (χ4n) is 3.08. The lowest BCUT2D eigenvalue weighted by molar-refractivity contribution is 0.257. The second kappa shape index (κ2) is 4.50. The zero-order valence-corrected chi connectivity index (χ0v) is 11.2. The number of aryl methyl sites for hydroxylation is 1. The first-order valence-electron chi connectivity index (χ1n) is 7.00. The van der Waals surface area contributed by atoms with Crippen LogP contribution in [-0.4, -0.2) is 29.6 Å². The molecule has 0 spiro atoms. The van der Waals surface area contributed by atoms with E-state index in [1.54, 1.807) is 6.33 Å². The molecule has 4 heteroatoms. The standard InChI is InChI=1S/C14H22N4/c1-14(9-15)5-7-18(8-6-14)13-11-3-2-4-12(11)16-10-17-13/h10H,2-9,15H2,1H3. The number of nitrogens with two attached hydrogens (primary N) is 1. The van der Waals surface area contributed by atoms with E-state index < -0.39 is 0 Å². The van der Waals surface area contributed by atoms with Gasteiger partial charge in [-0.25, -0.2) is 9.97 Å². The maximum atomic E-state index is 5.87. The molecule has 1 aliphatic carbocycles. The van der Waals surface area contributed by atoms with Gasteiger partial charge in [-0.05, 0) is 44.1 Å². The highest BCUT2D eigenvalue weighted by Gasteiger charge is 2.31. The van der Waals surface area contributed by atoms with E-state index >= 15 is 0 Å². The van der Waals surface area contributed by atoms with Crippen molar-refractivity contribution in [2.45, 2.75) is 39.0 Å². The molecule has 0 unspecified atom stereocenters. The van der Waals surface area contributed by atoms with Crippen molar-refractivity contribution in [3.8, 4) is 0 Å². The second-order valence-electron chi connectivity index (χ2n) is 5.98. The van der Waals surface area contributed by atoms with E-state index in [1.165, 1.54) is 36.3 Å². The highest BCUT2D eigenvalue weighted by atomic mass is 15.2. The lowest BCUT2D eigenvalue weighted by Gasteiger charge is -2.39. The number of anilines is 1. The van der Waals surface area contributed by atoms with E-state index in [-0.39, 0.29) is 0 Å². The van der Waals surface area contributed by atoms with Crippen molar-refractivity contribution in [1.82, 2.24) is 9.97 Å². The largest absolute Gasteiger partial charge is 0.356 e. The Hall–Kier alpha value is -1.16. The molecule has 0 bridgehead atoms. The highest BCUT2D eigenvalue weighted by molar-refractivity contribution is 5.50. The maximum absolute atomic E-state index is 5.87. The van der Waals surface area contributed by atoms with Crippen LogP contribution in [0.5, 0.6) is 0 Å². The summed E-state index contributed by atoms with van der Waals surface area (Å²) in [5.74, 6) is 1.19. The van der Waals surface area contributed by atoms with Gasteiger partial charge in [0.25, 0.3) is 0 Å². The minimum atomic E-state index is 0.326. The summed E-state index contributed by atoms with van der Waals surface area (Å²) in [4.78, 5) is 11.4. The van der Waals surface area contributed by atoms with Gasteiger partial charge in [0.15, 0.2) is 0 Å². The van der Waals surface area contributed by atoms with Gasteiger partial charge in [-0.2, -0.15) is 0 Å². The number of nitrogens with zero attached hydrogens (tertiary/aromatic N) is 3. The van der Waals surface area contributed by atoms with Gasteiger partial charge in [-0.1, -0.05) is 6.92 Å². The summed E-state index contributed by atoms with van der Waals surface area (Å²) in [6.45, 7) is 5.26. The predicted molar refractivity (Wildman–Crippen MR) is 72.7 cm³/mol. The smallest absolute Gasteiger partial charge is 0.135 e. The van der Waals surface area contributed by atoms with Crippen LogP contribution in [0.4, 0.5) is 5.82 Å². The minimum Gasteiger partial charge on any atom is -0.356 e. The van der Waals surface area contributed by atoms with Crippen LogP contribution in [0.25, 0.3) is 0 Å². The van der Waals surface area contributed by atoms with Crippen molar-refractivity contribution >= 4 is 5.82 Å². The molecule has 0 radical (unpaired) electrons. The lowest BCUT2D eigenvalue weighted by Crippen LogP contribution is -2.42. The molecule has 0 amide bonds. The Labute approximate surface area is 109 Å². The fraction of sp³-hybridized carbons (Fsp3) is 0.714. The van der Waals surface area contributed by atoms with Crippen molar-refractivity contribution in [3.63, 3.8) is 0 Å². The number of aromatic nitrogens is 2. The Bertz CT molecular complexity index is 435. The van der Waals surface area contributed by atoms with Gasteiger partial charge in [0.1, 0.15) is 12.1 Å².